The molecule has 0 aliphatic carbocycles. The summed E-state index contributed by atoms with van der Waals surface area (Å²) < 4.78 is 0. The van der Waals surface area contributed by atoms with Crippen molar-refractivity contribution in [1.29, 1.82) is 0 Å². The first-order chi connectivity index (χ1) is 6.72. The third kappa shape index (κ3) is 1.50. The van der Waals surface area contributed by atoms with Crippen molar-refractivity contribution in [3.63, 3.8) is 0 Å². The summed E-state index contributed by atoms with van der Waals surface area (Å²) >= 11 is 6.04. The molecule has 0 aliphatic heterocycles. The largest absolute Gasteiger partial charge is 0.342 e. The van der Waals surface area contributed by atoms with Crippen molar-refractivity contribution in [1.82, 2.24) is 9.97 Å². The zero-order chi connectivity index (χ0) is 10.1. The molecule has 0 fully saturated rings. The number of hydrogen-bond acceptors (Lipinski definition) is 1. The second-order valence-corrected chi connectivity index (χ2v) is 3.97. The zero-order valence-corrected chi connectivity index (χ0v) is 9.10. The standard InChI is InChI=1S/C11H13ClN2/c1-3-7(2)11-13-9-6-4-5-8(12)10(9)14-11/h4-7H,3H2,1-2H3,(H,13,14). The molecule has 3 heteroatoms. The monoisotopic (exact) mass is 208 g/mol. The molecule has 0 saturated carbocycles. The van der Waals surface area contributed by atoms with E-state index in [1.807, 2.05) is 18.2 Å². The summed E-state index contributed by atoms with van der Waals surface area (Å²) in [5.41, 5.74) is 1.90. The predicted molar refractivity (Wildman–Crippen MR) is 59.8 cm³/mol. The van der Waals surface area contributed by atoms with Gasteiger partial charge in [0.05, 0.1) is 10.5 Å². The number of hydrogen-bond donors (Lipinski definition) is 1. The molecule has 2 aromatic rings. The van der Waals surface area contributed by atoms with Gasteiger partial charge in [0, 0.05) is 5.92 Å². The first kappa shape index (κ1) is 9.53. The Bertz CT molecular complexity index is 447. The van der Waals surface area contributed by atoms with E-state index < -0.39 is 0 Å². The highest BCUT2D eigenvalue weighted by Gasteiger charge is 2.10. The van der Waals surface area contributed by atoms with Gasteiger partial charge in [0.2, 0.25) is 0 Å². The molecule has 1 heterocycles. The Labute approximate surface area is 88.3 Å². The predicted octanol–water partition coefficient (Wildman–Crippen LogP) is 3.73. The van der Waals surface area contributed by atoms with Crippen molar-refractivity contribution in [2.45, 2.75) is 26.2 Å². The highest BCUT2D eigenvalue weighted by atomic mass is 35.5. The minimum Gasteiger partial charge on any atom is -0.342 e. The Kier molecular flexibility index (Phi) is 2.46. The van der Waals surface area contributed by atoms with Gasteiger partial charge in [-0.2, -0.15) is 0 Å². The van der Waals surface area contributed by atoms with Gasteiger partial charge in [0.15, 0.2) is 0 Å². The van der Waals surface area contributed by atoms with Crippen LogP contribution < -0.4 is 0 Å². The molecule has 14 heavy (non-hydrogen) atoms. The molecule has 1 atom stereocenters. The highest BCUT2D eigenvalue weighted by molar-refractivity contribution is 6.34. The summed E-state index contributed by atoms with van der Waals surface area (Å²) in [6.07, 6.45) is 1.08. The van der Waals surface area contributed by atoms with Crippen LogP contribution in [0.1, 0.15) is 32.0 Å². The fourth-order valence-corrected chi connectivity index (χ4v) is 1.66. The Morgan fingerprint density at radius 2 is 2.29 bits per heavy atom. The fraction of sp³-hybridized carbons (Fsp3) is 0.364. The summed E-state index contributed by atoms with van der Waals surface area (Å²) in [7, 11) is 0. The number of fused-ring (bicyclic) bond motifs is 1. The van der Waals surface area contributed by atoms with Gasteiger partial charge < -0.3 is 4.98 Å². The molecule has 0 saturated heterocycles. The molecule has 2 rings (SSSR count). The maximum atomic E-state index is 6.04. The van der Waals surface area contributed by atoms with Gasteiger partial charge >= 0.3 is 0 Å². The maximum absolute atomic E-state index is 6.04. The molecule has 74 valence electrons. The Morgan fingerprint density at radius 3 is 2.93 bits per heavy atom. The van der Waals surface area contributed by atoms with Gasteiger partial charge in [-0.15, -0.1) is 0 Å². The average molecular weight is 209 g/mol. The van der Waals surface area contributed by atoms with Crippen LogP contribution in [0, 0.1) is 0 Å². The Morgan fingerprint density at radius 1 is 1.50 bits per heavy atom. The van der Waals surface area contributed by atoms with Crippen molar-refractivity contribution >= 4 is 22.6 Å². The normalized spacial score (nSPS) is 13.4. The lowest BCUT2D eigenvalue weighted by Crippen LogP contribution is -1.92. The molecular formula is C11H13ClN2. The van der Waals surface area contributed by atoms with Crippen LogP contribution in [0.5, 0.6) is 0 Å². The van der Waals surface area contributed by atoms with Crippen molar-refractivity contribution in [2.24, 2.45) is 0 Å². The number of aromatic nitrogens is 2. The molecule has 0 aliphatic rings. The van der Waals surface area contributed by atoms with Crippen LogP contribution in [0.4, 0.5) is 0 Å². The van der Waals surface area contributed by atoms with Crippen LogP contribution in [0.3, 0.4) is 0 Å². The number of rotatable bonds is 2. The molecule has 1 N–H and O–H groups in total. The second-order valence-electron chi connectivity index (χ2n) is 3.57. The number of para-hydroxylation sites is 1. The van der Waals surface area contributed by atoms with E-state index in [2.05, 4.69) is 23.8 Å². The maximum Gasteiger partial charge on any atom is 0.110 e. The number of nitrogens with zero attached hydrogens (tertiary/aromatic N) is 1. The summed E-state index contributed by atoms with van der Waals surface area (Å²) in [6, 6.07) is 5.80. The lowest BCUT2D eigenvalue weighted by molar-refractivity contribution is 0.692. The van der Waals surface area contributed by atoms with Crippen molar-refractivity contribution in [2.75, 3.05) is 0 Å². The van der Waals surface area contributed by atoms with E-state index in [1.54, 1.807) is 0 Å². The lowest BCUT2D eigenvalue weighted by Gasteiger charge is -2.01. The quantitative estimate of drug-likeness (QED) is 0.801. The molecule has 0 amide bonds. The summed E-state index contributed by atoms with van der Waals surface area (Å²) in [5.74, 6) is 1.48. The molecule has 0 spiro atoms. The van der Waals surface area contributed by atoms with Crippen LogP contribution >= 0.6 is 11.6 Å². The van der Waals surface area contributed by atoms with Gasteiger partial charge in [-0.05, 0) is 18.6 Å². The molecule has 2 nitrogen and oxygen atoms in total. The van der Waals surface area contributed by atoms with Gasteiger partial charge in [0.25, 0.3) is 0 Å². The van der Waals surface area contributed by atoms with Crippen LogP contribution in [-0.2, 0) is 0 Å². The lowest BCUT2D eigenvalue weighted by atomic mass is 10.1. The number of benzene rings is 1. The van der Waals surface area contributed by atoms with E-state index in [1.165, 1.54) is 0 Å². The molecule has 1 unspecified atom stereocenters. The zero-order valence-electron chi connectivity index (χ0n) is 8.34. The SMILES string of the molecule is CCC(C)c1nc2c(Cl)cccc2[nH]1. The van der Waals surface area contributed by atoms with Crippen LogP contribution in [0.25, 0.3) is 11.0 Å². The number of H-pyrrole nitrogens is 1. The molecule has 0 radical (unpaired) electrons. The number of nitrogens with one attached hydrogen (secondary N) is 1. The smallest absolute Gasteiger partial charge is 0.110 e. The first-order valence-electron chi connectivity index (χ1n) is 4.86. The second kappa shape index (κ2) is 3.62. The van der Waals surface area contributed by atoms with Crippen molar-refractivity contribution in [3.8, 4) is 0 Å². The average Bonchev–Trinajstić information content (AvgIpc) is 2.62. The topological polar surface area (TPSA) is 28.7 Å². The minimum atomic E-state index is 0.457. The summed E-state index contributed by atoms with van der Waals surface area (Å²) in [4.78, 5) is 7.79. The fourth-order valence-electron chi connectivity index (χ4n) is 1.44. The molecule has 1 aromatic carbocycles. The van der Waals surface area contributed by atoms with Gasteiger partial charge in [0.1, 0.15) is 11.3 Å². The third-order valence-corrected chi connectivity index (χ3v) is 2.87. The number of halogens is 1. The Hall–Kier alpha value is -1.02. The molecular weight excluding hydrogens is 196 g/mol. The number of aromatic amines is 1. The van der Waals surface area contributed by atoms with Gasteiger partial charge in [-0.3, -0.25) is 0 Å². The van der Waals surface area contributed by atoms with E-state index in [0.29, 0.717) is 10.9 Å². The van der Waals surface area contributed by atoms with Gasteiger partial charge in [-0.25, -0.2) is 4.98 Å². The van der Waals surface area contributed by atoms with Gasteiger partial charge in [-0.1, -0.05) is 31.5 Å². The van der Waals surface area contributed by atoms with E-state index in [0.717, 1.165) is 23.3 Å². The summed E-state index contributed by atoms with van der Waals surface area (Å²) in [6.45, 7) is 4.31. The van der Waals surface area contributed by atoms with Crippen LogP contribution in [0.15, 0.2) is 18.2 Å². The van der Waals surface area contributed by atoms with Crippen LogP contribution in [0.2, 0.25) is 5.02 Å². The molecule has 0 bridgehead atoms. The van der Waals surface area contributed by atoms with E-state index in [4.69, 9.17) is 11.6 Å². The first-order valence-corrected chi connectivity index (χ1v) is 5.24. The summed E-state index contributed by atoms with van der Waals surface area (Å²) in [5, 5.41) is 0.716. The Balaban J connectivity index is 2.56. The van der Waals surface area contributed by atoms with E-state index in [9.17, 15) is 0 Å². The van der Waals surface area contributed by atoms with Crippen LogP contribution in [-0.4, -0.2) is 9.97 Å². The van der Waals surface area contributed by atoms with Crippen molar-refractivity contribution in [3.05, 3.63) is 29.0 Å². The van der Waals surface area contributed by atoms with E-state index in [-0.39, 0.29) is 0 Å². The number of imidazole rings is 1. The highest BCUT2D eigenvalue weighted by Crippen LogP contribution is 2.24. The third-order valence-electron chi connectivity index (χ3n) is 2.56. The van der Waals surface area contributed by atoms with Crippen molar-refractivity contribution < 1.29 is 0 Å². The molecule has 1 aromatic heterocycles. The van der Waals surface area contributed by atoms with E-state index >= 15 is 0 Å². The minimum absolute atomic E-state index is 0.457.